The standard InChI is InChI=1S/C8H17NS/c1-4-5-8(2)9(3)6-7-10/h10H,2,4-7H2,1,3H3. The topological polar surface area (TPSA) is 3.24 Å². The Hall–Kier alpha value is -0.110. The van der Waals surface area contributed by atoms with Crippen LogP contribution in [-0.4, -0.2) is 24.2 Å². The molecule has 0 fully saturated rings. The maximum atomic E-state index is 4.14. The first kappa shape index (κ1) is 9.89. The molecule has 60 valence electrons. The van der Waals surface area contributed by atoms with Gasteiger partial charge in [-0.1, -0.05) is 19.9 Å². The van der Waals surface area contributed by atoms with Crippen LogP contribution in [0.2, 0.25) is 0 Å². The van der Waals surface area contributed by atoms with Crippen LogP contribution in [0, 0.1) is 0 Å². The van der Waals surface area contributed by atoms with Gasteiger partial charge in [-0.3, -0.25) is 0 Å². The van der Waals surface area contributed by atoms with Crippen molar-refractivity contribution in [1.82, 2.24) is 4.90 Å². The van der Waals surface area contributed by atoms with Crippen LogP contribution in [0.15, 0.2) is 12.3 Å². The SMILES string of the molecule is C=C(CCC)N(C)CCS. The van der Waals surface area contributed by atoms with Crippen LogP contribution in [-0.2, 0) is 0 Å². The molecule has 0 aromatic carbocycles. The van der Waals surface area contributed by atoms with Crippen molar-refractivity contribution < 1.29 is 0 Å². The third-order valence-corrected chi connectivity index (χ3v) is 1.71. The second-order valence-corrected chi connectivity index (χ2v) is 2.91. The van der Waals surface area contributed by atoms with E-state index in [4.69, 9.17) is 0 Å². The lowest BCUT2D eigenvalue weighted by molar-refractivity contribution is 0.428. The normalized spacial score (nSPS) is 9.50. The van der Waals surface area contributed by atoms with E-state index in [-0.39, 0.29) is 0 Å². The fraction of sp³-hybridized carbons (Fsp3) is 0.750. The van der Waals surface area contributed by atoms with E-state index in [0.717, 1.165) is 18.7 Å². The summed E-state index contributed by atoms with van der Waals surface area (Å²) < 4.78 is 0. The van der Waals surface area contributed by atoms with E-state index in [1.54, 1.807) is 0 Å². The highest BCUT2D eigenvalue weighted by Gasteiger charge is 1.97. The second-order valence-electron chi connectivity index (χ2n) is 2.46. The van der Waals surface area contributed by atoms with Gasteiger partial charge in [-0.2, -0.15) is 12.6 Å². The van der Waals surface area contributed by atoms with Crippen molar-refractivity contribution in [2.75, 3.05) is 19.3 Å². The molecule has 0 aliphatic carbocycles. The first-order valence-corrected chi connectivity index (χ1v) is 4.35. The van der Waals surface area contributed by atoms with E-state index in [1.807, 2.05) is 0 Å². The molecular weight excluding hydrogens is 142 g/mol. The minimum Gasteiger partial charge on any atom is -0.378 e. The fourth-order valence-electron chi connectivity index (χ4n) is 0.788. The van der Waals surface area contributed by atoms with Gasteiger partial charge in [0.2, 0.25) is 0 Å². The lowest BCUT2D eigenvalue weighted by Gasteiger charge is -2.19. The van der Waals surface area contributed by atoms with E-state index < -0.39 is 0 Å². The molecule has 2 heteroatoms. The Bertz CT molecular complexity index is 101. The van der Waals surface area contributed by atoms with Gasteiger partial charge >= 0.3 is 0 Å². The van der Waals surface area contributed by atoms with Gasteiger partial charge in [0.05, 0.1) is 0 Å². The molecule has 0 saturated carbocycles. The molecule has 0 N–H and O–H groups in total. The maximum absolute atomic E-state index is 4.14. The average molecular weight is 159 g/mol. The van der Waals surface area contributed by atoms with Gasteiger partial charge < -0.3 is 4.90 Å². The first-order chi connectivity index (χ1) is 4.72. The second kappa shape index (κ2) is 5.66. The predicted octanol–water partition coefficient (Wildman–Crippen LogP) is 2.16. The minimum atomic E-state index is 0.902. The largest absolute Gasteiger partial charge is 0.378 e. The van der Waals surface area contributed by atoms with Crippen molar-refractivity contribution in [2.45, 2.75) is 19.8 Å². The van der Waals surface area contributed by atoms with Crippen molar-refractivity contribution >= 4 is 12.6 Å². The molecule has 0 amide bonds. The van der Waals surface area contributed by atoms with Gasteiger partial charge in [0, 0.05) is 25.0 Å². The lowest BCUT2D eigenvalue weighted by atomic mass is 10.2. The Labute approximate surface area is 69.5 Å². The van der Waals surface area contributed by atoms with Crippen molar-refractivity contribution in [2.24, 2.45) is 0 Å². The number of hydrogen-bond donors (Lipinski definition) is 1. The Morgan fingerprint density at radius 3 is 2.60 bits per heavy atom. The fourth-order valence-corrected chi connectivity index (χ4v) is 1.09. The van der Waals surface area contributed by atoms with Crippen molar-refractivity contribution in [3.8, 4) is 0 Å². The molecule has 0 spiro atoms. The van der Waals surface area contributed by atoms with Gasteiger partial charge in [0.25, 0.3) is 0 Å². The summed E-state index contributed by atoms with van der Waals surface area (Å²) in [7, 11) is 2.06. The Morgan fingerprint density at radius 2 is 2.20 bits per heavy atom. The molecular formula is C8H17NS. The van der Waals surface area contributed by atoms with Crippen LogP contribution in [0.25, 0.3) is 0 Å². The predicted molar refractivity (Wildman–Crippen MR) is 50.5 cm³/mol. The van der Waals surface area contributed by atoms with Crippen LogP contribution in [0.5, 0.6) is 0 Å². The molecule has 0 radical (unpaired) electrons. The van der Waals surface area contributed by atoms with Gasteiger partial charge in [0.15, 0.2) is 0 Å². The van der Waals surface area contributed by atoms with Gasteiger partial charge in [-0.25, -0.2) is 0 Å². The third-order valence-electron chi connectivity index (χ3n) is 1.51. The number of allylic oxidation sites excluding steroid dienone is 1. The number of nitrogens with zero attached hydrogens (tertiary/aromatic N) is 1. The van der Waals surface area contributed by atoms with Crippen LogP contribution in [0.1, 0.15) is 19.8 Å². The molecule has 1 nitrogen and oxygen atoms in total. The van der Waals surface area contributed by atoms with E-state index >= 15 is 0 Å². The summed E-state index contributed by atoms with van der Waals surface area (Å²) in [5.41, 5.74) is 1.22. The molecule has 0 atom stereocenters. The smallest absolute Gasteiger partial charge is 0.0259 e. The molecule has 0 aromatic rings. The number of rotatable bonds is 5. The molecule has 0 heterocycles. The van der Waals surface area contributed by atoms with Gasteiger partial charge in [-0.05, 0) is 6.42 Å². The zero-order valence-electron chi connectivity index (χ0n) is 6.93. The first-order valence-electron chi connectivity index (χ1n) is 3.72. The summed E-state index contributed by atoms with van der Waals surface area (Å²) >= 11 is 4.14. The van der Waals surface area contributed by atoms with Crippen LogP contribution >= 0.6 is 12.6 Å². The Morgan fingerprint density at radius 1 is 1.60 bits per heavy atom. The summed E-state index contributed by atoms with van der Waals surface area (Å²) in [6.45, 7) is 7.12. The summed E-state index contributed by atoms with van der Waals surface area (Å²) in [4.78, 5) is 2.16. The summed E-state index contributed by atoms with van der Waals surface area (Å²) in [6, 6.07) is 0. The zero-order chi connectivity index (χ0) is 7.98. The monoisotopic (exact) mass is 159 g/mol. The van der Waals surface area contributed by atoms with E-state index in [2.05, 4.69) is 38.1 Å². The van der Waals surface area contributed by atoms with Gasteiger partial charge in [0.1, 0.15) is 0 Å². The quantitative estimate of drug-likeness (QED) is 0.602. The van der Waals surface area contributed by atoms with Crippen molar-refractivity contribution in [1.29, 1.82) is 0 Å². The Balaban J connectivity index is 3.49. The summed E-state index contributed by atoms with van der Waals surface area (Å²) in [5, 5.41) is 0. The van der Waals surface area contributed by atoms with Crippen LogP contribution < -0.4 is 0 Å². The third kappa shape index (κ3) is 3.83. The Kier molecular flexibility index (Phi) is 5.60. The lowest BCUT2D eigenvalue weighted by Crippen LogP contribution is -2.19. The average Bonchev–Trinajstić information content (AvgIpc) is 1.89. The minimum absolute atomic E-state index is 0.902. The molecule has 10 heavy (non-hydrogen) atoms. The molecule has 0 aliphatic heterocycles. The molecule has 0 aromatic heterocycles. The van der Waals surface area contributed by atoms with Gasteiger partial charge in [-0.15, -0.1) is 0 Å². The molecule has 0 aliphatic rings. The van der Waals surface area contributed by atoms with E-state index in [9.17, 15) is 0 Å². The number of thiol groups is 1. The molecule has 0 unspecified atom stereocenters. The zero-order valence-corrected chi connectivity index (χ0v) is 7.82. The van der Waals surface area contributed by atoms with E-state index in [1.165, 1.54) is 12.1 Å². The van der Waals surface area contributed by atoms with Crippen LogP contribution in [0.4, 0.5) is 0 Å². The van der Waals surface area contributed by atoms with Crippen LogP contribution in [0.3, 0.4) is 0 Å². The highest BCUT2D eigenvalue weighted by atomic mass is 32.1. The summed E-state index contributed by atoms with van der Waals surface area (Å²) in [5.74, 6) is 0.902. The molecule has 0 rings (SSSR count). The summed E-state index contributed by atoms with van der Waals surface area (Å²) in [6.07, 6.45) is 2.28. The highest BCUT2D eigenvalue weighted by molar-refractivity contribution is 7.80. The van der Waals surface area contributed by atoms with Crippen molar-refractivity contribution in [3.63, 3.8) is 0 Å². The van der Waals surface area contributed by atoms with Crippen molar-refractivity contribution in [3.05, 3.63) is 12.3 Å². The van der Waals surface area contributed by atoms with E-state index in [0.29, 0.717) is 0 Å². The number of hydrogen-bond acceptors (Lipinski definition) is 2. The molecule has 0 bridgehead atoms. The molecule has 0 saturated heterocycles. The highest BCUT2D eigenvalue weighted by Crippen LogP contribution is 2.05. The maximum Gasteiger partial charge on any atom is 0.0259 e.